The molecule has 2 N–H and O–H groups in total. The lowest BCUT2D eigenvalue weighted by atomic mass is 9.96. The molecule has 24 heavy (non-hydrogen) atoms. The highest BCUT2D eigenvalue weighted by Crippen LogP contribution is 2.33. The molecule has 0 bridgehead atoms. The molecule has 2 rings (SSSR count). The van der Waals surface area contributed by atoms with E-state index in [9.17, 15) is 14.4 Å². The predicted octanol–water partition coefficient (Wildman–Crippen LogP) is 2.14. The van der Waals surface area contributed by atoms with Crippen molar-refractivity contribution in [2.75, 3.05) is 11.4 Å². The average Bonchev–Trinajstić information content (AvgIpc) is 2.95. The summed E-state index contributed by atoms with van der Waals surface area (Å²) in [4.78, 5) is 37.1. The first-order valence-corrected chi connectivity index (χ1v) is 8.27. The largest absolute Gasteiger partial charge is 0.480 e. The Hall–Kier alpha value is -2.37. The van der Waals surface area contributed by atoms with Gasteiger partial charge in [-0.3, -0.25) is 14.4 Å². The van der Waals surface area contributed by atoms with Crippen molar-refractivity contribution >= 4 is 23.5 Å². The van der Waals surface area contributed by atoms with E-state index in [1.165, 1.54) is 6.92 Å². The van der Waals surface area contributed by atoms with Gasteiger partial charge < -0.3 is 15.3 Å². The molecule has 3 unspecified atom stereocenters. The summed E-state index contributed by atoms with van der Waals surface area (Å²) < 4.78 is 0. The van der Waals surface area contributed by atoms with Crippen LogP contribution in [0.3, 0.4) is 0 Å². The van der Waals surface area contributed by atoms with Crippen LogP contribution in [0.25, 0.3) is 0 Å². The van der Waals surface area contributed by atoms with E-state index in [1.54, 1.807) is 4.90 Å². The van der Waals surface area contributed by atoms with Crippen molar-refractivity contribution in [1.29, 1.82) is 0 Å². The maximum Gasteiger partial charge on any atom is 0.325 e. The second-order valence-electron chi connectivity index (χ2n) is 6.34. The molecule has 6 nitrogen and oxygen atoms in total. The van der Waals surface area contributed by atoms with Gasteiger partial charge in [0.2, 0.25) is 11.8 Å². The highest BCUT2D eigenvalue weighted by atomic mass is 16.4. The fraction of sp³-hybridized carbons (Fsp3) is 0.500. The maximum atomic E-state index is 12.4. The molecule has 3 atom stereocenters. The van der Waals surface area contributed by atoms with Gasteiger partial charge in [0.15, 0.2) is 0 Å². The Bertz CT molecular complexity index is 644. The number of carboxylic acid groups (broad SMARTS) is 1. The number of rotatable bonds is 6. The van der Waals surface area contributed by atoms with Gasteiger partial charge in [0.05, 0.1) is 5.92 Å². The van der Waals surface area contributed by atoms with Crippen LogP contribution in [0.15, 0.2) is 24.3 Å². The average molecular weight is 332 g/mol. The summed E-state index contributed by atoms with van der Waals surface area (Å²) >= 11 is 0. The van der Waals surface area contributed by atoms with Crippen LogP contribution in [0, 0.1) is 5.92 Å². The molecule has 1 aromatic carbocycles. The molecule has 0 saturated carbocycles. The molecule has 1 aliphatic heterocycles. The molecule has 1 saturated heterocycles. The zero-order chi connectivity index (χ0) is 17.9. The van der Waals surface area contributed by atoms with Crippen molar-refractivity contribution in [1.82, 2.24) is 5.32 Å². The SMILES string of the molecule is CCC(C)c1ccccc1N1CC(C(=O)NC(C)C(=O)O)CC1=O. The molecule has 1 aromatic rings. The fourth-order valence-corrected chi connectivity index (χ4v) is 2.88. The van der Waals surface area contributed by atoms with Crippen LogP contribution in [0.1, 0.15) is 45.1 Å². The third-order valence-corrected chi connectivity index (χ3v) is 4.60. The number of anilines is 1. The molecular weight excluding hydrogens is 308 g/mol. The Labute approximate surface area is 141 Å². The molecule has 6 heteroatoms. The van der Waals surface area contributed by atoms with Crippen LogP contribution >= 0.6 is 0 Å². The summed E-state index contributed by atoms with van der Waals surface area (Å²) in [5.41, 5.74) is 1.94. The zero-order valence-corrected chi connectivity index (χ0v) is 14.3. The van der Waals surface area contributed by atoms with Crippen molar-refractivity contribution < 1.29 is 19.5 Å². The summed E-state index contributed by atoms with van der Waals surface area (Å²) in [5, 5.41) is 11.3. The van der Waals surface area contributed by atoms with Crippen LogP contribution in [0.5, 0.6) is 0 Å². The highest BCUT2D eigenvalue weighted by Gasteiger charge is 2.36. The smallest absolute Gasteiger partial charge is 0.325 e. The van der Waals surface area contributed by atoms with Crippen LogP contribution in [0.2, 0.25) is 0 Å². The first kappa shape index (κ1) is 18.0. The number of amides is 2. The highest BCUT2D eigenvalue weighted by molar-refractivity contribution is 6.01. The minimum absolute atomic E-state index is 0.103. The molecule has 0 spiro atoms. The number of carbonyl (C=O) groups is 3. The molecule has 130 valence electrons. The van der Waals surface area contributed by atoms with Gasteiger partial charge in [-0.25, -0.2) is 0 Å². The van der Waals surface area contributed by atoms with Gasteiger partial charge in [0.25, 0.3) is 0 Å². The monoisotopic (exact) mass is 332 g/mol. The normalized spacial score (nSPS) is 19.9. The van der Waals surface area contributed by atoms with Crippen molar-refractivity contribution in [3.63, 3.8) is 0 Å². The number of nitrogens with one attached hydrogen (secondary N) is 1. The zero-order valence-electron chi connectivity index (χ0n) is 14.3. The van der Waals surface area contributed by atoms with Gasteiger partial charge in [-0.05, 0) is 30.9 Å². The lowest BCUT2D eigenvalue weighted by Crippen LogP contribution is -2.42. The molecule has 1 fully saturated rings. The van der Waals surface area contributed by atoms with E-state index >= 15 is 0 Å². The predicted molar refractivity (Wildman–Crippen MR) is 90.8 cm³/mol. The van der Waals surface area contributed by atoms with Crippen LogP contribution < -0.4 is 10.2 Å². The van der Waals surface area contributed by atoms with Gasteiger partial charge in [-0.15, -0.1) is 0 Å². The number of carbonyl (C=O) groups excluding carboxylic acids is 2. The second-order valence-corrected chi connectivity index (χ2v) is 6.34. The minimum atomic E-state index is -1.09. The van der Waals surface area contributed by atoms with Crippen LogP contribution in [0.4, 0.5) is 5.69 Å². The Morgan fingerprint density at radius 1 is 1.33 bits per heavy atom. The summed E-state index contributed by atoms with van der Waals surface area (Å²) in [6, 6.07) is 6.78. The summed E-state index contributed by atoms with van der Waals surface area (Å²) in [6.07, 6.45) is 1.06. The molecular formula is C18H24N2O4. The lowest BCUT2D eigenvalue weighted by molar-refractivity contribution is -0.141. The number of nitrogens with zero attached hydrogens (tertiary/aromatic N) is 1. The third kappa shape index (κ3) is 3.75. The number of para-hydroxylation sites is 1. The van der Waals surface area contributed by atoms with E-state index in [1.807, 2.05) is 24.3 Å². The number of carboxylic acids is 1. The van der Waals surface area contributed by atoms with E-state index in [-0.39, 0.29) is 24.8 Å². The van der Waals surface area contributed by atoms with Crippen molar-refractivity contribution in [2.24, 2.45) is 5.92 Å². The summed E-state index contributed by atoms with van der Waals surface area (Å²) in [6.45, 7) is 5.90. The van der Waals surface area contributed by atoms with E-state index in [2.05, 4.69) is 19.2 Å². The Morgan fingerprint density at radius 2 is 2.00 bits per heavy atom. The van der Waals surface area contributed by atoms with Gasteiger partial charge in [0, 0.05) is 18.7 Å². The number of hydrogen-bond donors (Lipinski definition) is 2. The number of benzene rings is 1. The second kappa shape index (κ2) is 7.47. The van der Waals surface area contributed by atoms with Crippen LogP contribution in [-0.2, 0) is 14.4 Å². The molecule has 2 amide bonds. The van der Waals surface area contributed by atoms with E-state index in [0.717, 1.165) is 17.7 Å². The Kier molecular flexibility index (Phi) is 5.59. The van der Waals surface area contributed by atoms with E-state index in [0.29, 0.717) is 5.92 Å². The van der Waals surface area contributed by atoms with Crippen molar-refractivity contribution in [2.45, 2.75) is 45.6 Å². The summed E-state index contributed by atoms with van der Waals surface area (Å²) in [7, 11) is 0. The van der Waals surface area contributed by atoms with Gasteiger partial charge in [0.1, 0.15) is 6.04 Å². The standard InChI is InChI=1S/C18H24N2O4/c1-4-11(2)14-7-5-6-8-15(14)20-10-13(9-16(20)21)17(22)19-12(3)18(23)24/h5-8,11-13H,4,9-10H2,1-3H3,(H,19,22)(H,23,24). The first-order chi connectivity index (χ1) is 11.3. The fourth-order valence-electron chi connectivity index (χ4n) is 2.88. The molecule has 1 aliphatic rings. The Balaban J connectivity index is 2.16. The minimum Gasteiger partial charge on any atom is -0.480 e. The van der Waals surface area contributed by atoms with Crippen molar-refractivity contribution in [3.05, 3.63) is 29.8 Å². The maximum absolute atomic E-state index is 12.4. The molecule has 0 aliphatic carbocycles. The topological polar surface area (TPSA) is 86.7 Å². The lowest BCUT2D eigenvalue weighted by Gasteiger charge is -2.23. The number of aliphatic carboxylic acids is 1. The van der Waals surface area contributed by atoms with E-state index in [4.69, 9.17) is 5.11 Å². The van der Waals surface area contributed by atoms with Gasteiger partial charge in [-0.2, -0.15) is 0 Å². The molecule has 1 heterocycles. The molecule has 0 aromatic heterocycles. The summed E-state index contributed by atoms with van der Waals surface area (Å²) in [5.74, 6) is -1.79. The third-order valence-electron chi connectivity index (χ3n) is 4.60. The Morgan fingerprint density at radius 3 is 2.62 bits per heavy atom. The van der Waals surface area contributed by atoms with Crippen LogP contribution in [-0.4, -0.2) is 35.5 Å². The van der Waals surface area contributed by atoms with E-state index < -0.39 is 17.9 Å². The number of hydrogen-bond acceptors (Lipinski definition) is 3. The van der Waals surface area contributed by atoms with Gasteiger partial charge in [-0.1, -0.05) is 32.0 Å². The quantitative estimate of drug-likeness (QED) is 0.835. The van der Waals surface area contributed by atoms with Gasteiger partial charge >= 0.3 is 5.97 Å². The first-order valence-electron chi connectivity index (χ1n) is 8.27. The van der Waals surface area contributed by atoms with Crippen molar-refractivity contribution in [3.8, 4) is 0 Å². The molecule has 0 radical (unpaired) electrons.